The van der Waals surface area contributed by atoms with E-state index in [2.05, 4.69) is 47.8 Å². The van der Waals surface area contributed by atoms with Crippen LogP contribution in [0.1, 0.15) is 18.0 Å². The average Bonchev–Trinajstić information content (AvgIpc) is 2.15. The van der Waals surface area contributed by atoms with Crippen molar-refractivity contribution in [1.82, 2.24) is 0 Å². The molecule has 16 heavy (non-hydrogen) atoms. The van der Waals surface area contributed by atoms with Crippen LogP contribution in [-0.2, 0) is 0 Å². The Kier molecular flexibility index (Phi) is 7.48. The highest BCUT2D eigenvalue weighted by Crippen LogP contribution is 2.41. The molecule has 0 unspecified atom stereocenters. The number of phenols is 1. The molecule has 0 heterocycles. The van der Waals surface area contributed by atoms with Gasteiger partial charge in [0, 0.05) is 16.1 Å². The zero-order valence-corrected chi connectivity index (χ0v) is 13.8. The second-order valence-electron chi connectivity index (χ2n) is 3.10. The zero-order valence-electron chi connectivity index (χ0n) is 8.21. The molecule has 0 aliphatic carbocycles. The highest BCUT2D eigenvalue weighted by molar-refractivity contribution is 9.11. The molecule has 7 heteroatoms. The van der Waals surface area contributed by atoms with Crippen molar-refractivity contribution in [3.05, 3.63) is 25.0 Å². The third-order valence-corrected chi connectivity index (χ3v) is 4.09. The topological polar surface area (TPSA) is 72.3 Å². The van der Waals surface area contributed by atoms with Gasteiger partial charge in [0.15, 0.2) is 0 Å². The van der Waals surface area contributed by atoms with Gasteiger partial charge in [0.05, 0.1) is 8.95 Å². The Balaban J connectivity index is 0.00000225. The molecule has 5 N–H and O–H groups in total. The molecule has 1 rings (SSSR count). The van der Waals surface area contributed by atoms with Crippen molar-refractivity contribution in [3.8, 4) is 5.75 Å². The van der Waals surface area contributed by atoms with Gasteiger partial charge in [0.1, 0.15) is 5.75 Å². The molecular formula is C9H12Br3ClN2O. The standard InChI is InChI=1S/C9H11Br3N2O.ClH/c10-4-3-5(11)9(15)8(12)7(4)6(14)1-2-13;/h3,6,15H,1-2,13-14H2;1H/t6-;/m0./s1. The number of nitrogens with two attached hydrogens (primary N) is 2. The summed E-state index contributed by atoms with van der Waals surface area (Å²) in [6, 6.07) is 1.57. The summed E-state index contributed by atoms with van der Waals surface area (Å²) in [6.07, 6.45) is 0.665. The van der Waals surface area contributed by atoms with Crippen LogP contribution in [0.3, 0.4) is 0 Å². The minimum Gasteiger partial charge on any atom is -0.506 e. The first-order chi connectivity index (χ1) is 6.99. The number of benzene rings is 1. The second kappa shape index (κ2) is 7.18. The number of hydrogen-bond acceptors (Lipinski definition) is 3. The third-order valence-electron chi connectivity index (χ3n) is 2.03. The van der Waals surface area contributed by atoms with E-state index in [0.29, 0.717) is 21.9 Å². The van der Waals surface area contributed by atoms with E-state index in [-0.39, 0.29) is 24.2 Å². The lowest BCUT2D eigenvalue weighted by molar-refractivity contribution is 0.465. The maximum absolute atomic E-state index is 9.73. The second-order valence-corrected chi connectivity index (χ2v) is 5.60. The van der Waals surface area contributed by atoms with Crippen molar-refractivity contribution in [2.45, 2.75) is 12.5 Å². The number of halogens is 4. The summed E-state index contributed by atoms with van der Waals surface area (Å²) >= 11 is 9.98. The summed E-state index contributed by atoms with van der Waals surface area (Å²) in [5.74, 6) is 0.153. The van der Waals surface area contributed by atoms with Gasteiger partial charge in [-0.2, -0.15) is 0 Å². The number of rotatable bonds is 3. The van der Waals surface area contributed by atoms with Crippen LogP contribution < -0.4 is 11.5 Å². The van der Waals surface area contributed by atoms with Crippen LogP contribution in [0, 0.1) is 0 Å². The maximum atomic E-state index is 9.73. The van der Waals surface area contributed by atoms with Crippen LogP contribution in [0.5, 0.6) is 5.75 Å². The van der Waals surface area contributed by atoms with Crippen molar-refractivity contribution in [2.75, 3.05) is 6.54 Å². The summed E-state index contributed by atoms with van der Waals surface area (Å²) in [4.78, 5) is 0. The van der Waals surface area contributed by atoms with E-state index in [9.17, 15) is 5.11 Å². The molecule has 3 nitrogen and oxygen atoms in total. The van der Waals surface area contributed by atoms with Crippen molar-refractivity contribution >= 4 is 60.2 Å². The Labute approximate surface area is 126 Å². The van der Waals surface area contributed by atoms with E-state index >= 15 is 0 Å². The molecule has 0 fully saturated rings. The molecule has 0 saturated carbocycles. The Morgan fingerprint density at radius 1 is 1.25 bits per heavy atom. The molecule has 0 amide bonds. The molecule has 0 spiro atoms. The van der Waals surface area contributed by atoms with Gasteiger partial charge in [0.25, 0.3) is 0 Å². The molecule has 1 aromatic rings. The van der Waals surface area contributed by atoms with Crippen LogP contribution in [0.15, 0.2) is 19.5 Å². The lowest BCUT2D eigenvalue weighted by Gasteiger charge is -2.16. The van der Waals surface area contributed by atoms with Gasteiger partial charge in [-0.1, -0.05) is 15.9 Å². The van der Waals surface area contributed by atoms with E-state index in [1.165, 1.54) is 0 Å². The van der Waals surface area contributed by atoms with E-state index in [0.717, 1.165) is 10.0 Å². The minimum absolute atomic E-state index is 0. The van der Waals surface area contributed by atoms with Gasteiger partial charge in [-0.05, 0) is 50.9 Å². The summed E-state index contributed by atoms with van der Waals surface area (Å²) in [6.45, 7) is 0.511. The molecule has 0 aliphatic heterocycles. The lowest BCUT2D eigenvalue weighted by Crippen LogP contribution is -2.16. The molecule has 0 aromatic heterocycles. The molecule has 0 saturated heterocycles. The predicted molar refractivity (Wildman–Crippen MR) is 79.1 cm³/mol. The Morgan fingerprint density at radius 2 is 1.81 bits per heavy atom. The van der Waals surface area contributed by atoms with E-state index in [1.807, 2.05) is 0 Å². The van der Waals surface area contributed by atoms with Gasteiger partial charge < -0.3 is 16.6 Å². The Bertz CT molecular complexity index is 376. The summed E-state index contributed by atoms with van der Waals surface area (Å²) in [5, 5.41) is 9.73. The fourth-order valence-corrected chi connectivity index (χ4v) is 3.97. The molecular weight excluding hydrogens is 427 g/mol. The van der Waals surface area contributed by atoms with Crippen LogP contribution in [0.25, 0.3) is 0 Å². The van der Waals surface area contributed by atoms with Crippen molar-refractivity contribution in [3.63, 3.8) is 0 Å². The number of phenolic OH excluding ortho intramolecular Hbond substituents is 1. The molecule has 0 bridgehead atoms. The quantitative estimate of drug-likeness (QED) is 0.676. The van der Waals surface area contributed by atoms with Crippen LogP contribution >= 0.6 is 60.2 Å². The number of aromatic hydroxyl groups is 1. The highest BCUT2D eigenvalue weighted by Gasteiger charge is 2.18. The van der Waals surface area contributed by atoms with E-state index in [4.69, 9.17) is 11.5 Å². The fraction of sp³-hybridized carbons (Fsp3) is 0.333. The van der Waals surface area contributed by atoms with Crippen molar-refractivity contribution in [2.24, 2.45) is 11.5 Å². The van der Waals surface area contributed by atoms with Crippen LogP contribution in [-0.4, -0.2) is 11.7 Å². The molecule has 1 aromatic carbocycles. The first-order valence-electron chi connectivity index (χ1n) is 4.31. The highest BCUT2D eigenvalue weighted by atomic mass is 79.9. The first-order valence-corrected chi connectivity index (χ1v) is 6.69. The SMILES string of the molecule is Cl.NCC[C@H](N)c1c(Br)cc(Br)c(O)c1Br. The zero-order chi connectivity index (χ0) is 11.6. The predicted octanol–water partition coefficient (Wildman–Crippen LogP) is 3.45. The summed E-state index contributed by atoms with van der Waals surface area (Å²) < 4.78 is 2.06. The van der Waals surface area contributed by atoms with E-state index < -0.39 is 0 Å². The lowest BCUT2D eigenvalue weighted by atomic mass is 10.0. The van der Waals surface area contributed by atoms with Crippen LogP contribution in [0.2, 0.25) is 0 Å². The molecule has 0 aliphatic rings. The van der Waals surface area contributed by atoms with Gasteiger partial charge in [-0.25, -0.2) is 0 Å². The minimum atomic E-state index is -0.197. The molecule has 0 radical (unpaired) electrons. The first kappa shape index (κ1) is 16.7. The smallest absolute Gasteiger partial charge is 0.144 e. The number of hydrogen-bond donors (Lipinski definition) is 3. The monoisotopic (exact) mass is 436 g/mol. The van der Waals surface area contributed by atoms with Gasteiger partial charge in [0.2, 0.25) is 0 Å². The summed E-state index contributed by atoms with van der Waals surface area (Å²) in [5.41, 5.74) is 12.2. The fourth-order valence-electron chi connectivity index (χ4n) is 1.26. The van der Waals surface area contributed by atoms with Crippen LogP contribution in [0.4, 0.5) is 0 Å². The van der Waals surface area contributed by atoms with Gasteiger partial charge in [-0.3, -0.25) is 0 Å². The average molecular weight is 439 g/mol. The molecule has 1 atom stereocenters. The van der Waals surface area contributed by atoms with Gasteiger partial charge in [-0.15, -0.1) is 12.4 Å². The Hall–Kier alpha value is 0.670. The molecule has 92 valence electrons. The normalized spacial score (nSPS) is 12.1. The van der Waals surface area contributed by atoms with Crippen molar-refractivity contribution in [1.29, 1.82) is 0 Å². The Morgan fingerprint density at radius 3 is 2.31 bits per heavy atom. The summed E-state index contributed by atoms with van der Waals surface area (Å²) in [7, 11) is 0. The third kappa shape index (κ3) is 3.58. The maximum Gasteiger partial charge on any atom is 0.144 e. The van der Waals surface area contributed by atoms with Crippen molar-refractivity contribution < 1.29 is 5.11 Å². The van der Waals surface area contributed by atoms with E-state index in [1.54, 1.807) is 6.07 Å². The van der Waals surface area contributed by atoms with Gasteiger partial charge >= 0.3 is 0 Å². The largest absolute Gasteiger partial charge is 0.506 e.